The number of carboxylic acid groups (broad SMARTS) is 1. The molecule has 25 heavy (non-hydrogen) atoms. The molecule has 0 aliphatic carbocycles. The van der Waals surface area contributed by atoms with Crippen LogP contribution in [0.2, 0.25) is 0 Å². The fourth-order valence-electron chi connectivity index (χ4n) is 2.18. The van der Waals surface area contributed by atoms with Gasteiger partial charge in [-0.2, -0.15) is 5.10 Å². The second kappa shape index (κ2) is 8.49. The van der Waals surface area contributed by atoms with Crippen LogP contribution in [0.3, 0.4) is 0 Å². The van der Waals surface area contributed by atoms with E-state index in [2.05, 4.69) is 15.8 Å². The Kier molecular flexibility index (Phi) is 6.11. The van der Waals surface area contributed by atoms with E-state index in [0.29, 0.717) is 28.3 Å². The number of rotatable bonds is 6. The number of hydrogen-bond acceptors (Lipinski definition) is 4. The Labute approximate surface area is 145 Å². The van der Waals surface area contributed by atoms with E-state index in [9.17, 15) is 9.59 Å². The molecule has 130 valence electrons. The highest BCUT2D eigenvalue weighted by Crippen LogP contribution is 2.21. The number of methoxy groups -OCH3 is 1. The lowest BCUT2D eigenvalue weighted by Crippen LogP contribution is -2.25. The molecule has 0 bridgehead atoms. The predicted molar refractivity (Wildman–Crippen MR) is 95.1 cm³/mol. The minimum absolute atomic E-state index is 0.161. The smallest absolute Gasteiger partial charge is 0.339 e. The number of ether oxygens (including phenoxy) is 1. The predicted octanol–water partition coefficient (Wildman–Crippen LogP) is 2.87. The molecule has 0 aromatic heterocycles. The average Bonchev–Trinajstić information content (AvgIpc) is 2.60. The van der Waals surface area contributed by atoms with Crippen LogP contribution in [0.5, 0.6) is 5.75 Å². The van der Waals surface area contributed by atoms with Crippen LogP contribution in [0.1, 0.15) is 18.1 Å². The molecule has 2 amide bonds. The van der Waals surface area contributed by atoms with E-state index in [4.69, 9.17) is 9.84 Å². The standard InChI is InChI=1S/C18H19N3O4/c1-12(20-21-18(24)19-15-6-4-3-5-7-15)13-8-9-16(25-2)14(10-13)11-17(22)23/h3-10H,11H2,1-2H3,(H,22,23)(H2,19,21,24)/b20-12-. The van der Waals surface area contributed by atoms with Crippen molar-refractivity contribution in [2.75, 3.05) is 12.4 Å². The van der Waals surface area contributed by atoms with Crippen molar-refractivity contribution in [2.24, 2.45) is 5.10 Å². The number of amides is 2. The van der Waals surface area contributed by atoms with E-state index < -0.39 is 12.0 Å². The zero-order chi connectivity index (χ0) is 18.2. The molecule has 0 aliphatic heterocycles. The molecule has 3 N–H and O–H groups in total. The highest BCUT2D eigenvalue weighted by atomic mass is 16.5. The molecule has 0 radical (unpaired) electrons. The van der Waals surface area contributed by atoms with Crippen molar-refractivity contribution >= 4 is 23.4 Å². The van der Waals surface area contributed by atoms with E-state index in [0.717, 1.165) is 0 Å². The number of carbonyl (C=O) groups excluding carboxylic acids is 1. The summed E-state index contributed by atoms with van der Waals surface area (Å²) in [4.78, 5) is 22.8. The number of para-hydroxylation sites is 1. The fourth-order valence-corrected chi connectivity index (χ4v) is 2.18. The highest BCUT2D eigenvalue weighted by Gasteiger charge is 2.10. The molecule has 0 fully saturated rings. The molecule has 0 saturated carbocycles. The Hall–Kier alpha value is -3.35. The number of nitrogens with one attached hydrogen (secondary N) is 2. The zero-order valence-corrected chi connectivity index (χ0v) is 13.9. The first-order valence-electron chi connectivity index (χ1n) is 7.55. The molecule has 0 aliphatic rings. The van der Waals surface area contributed by atoms with Crippen molar-refractivity contribution in [2.45, 2.75) is 13.3 Å². The van der Waals surface area contributed by atoms with E-state index in [1.807, 2.05) is 18.2 Å². The summed E-state index contributed by atoms with van der Waals surface area (Å²) in [6.07, 6.45) is -0.161. The SMILES string of the molecule is COc1ccc(/C(C)=N\NC(=O)Nc2ccccc2)cc1CC(=O)O. The Morgan fingerprint density at radius 3 is 2.52 bits per heavy atom. The molecular formula is C18H19N3O4. The molecule has 2 aromatic rings. The second-order valence-electron chi connectivity index (χ2n) is 5.23. The zero-order valence-electron chi connectivity index (χ0n) is 13.9. The third kappa shape index (κ3) is 5.35. The molecule has 7 nitrogen and oxygen atoms in total. The molecule has 0 heterocycles. The van der Waals surface area contributed by atoms with Crippen LogP contribution in [0.4, 0.5) is 10.5 Å². The molecular weight excluding hydrogens is 322 g/mol. The van der Waals surface area contributed by atoms with Gasteiger partial charge in [-0.25, -0.2) is 10.2 Å². The number of hydrazone groups is 1. The fraction of sp³-hybridized carbons (Fsp3) is 0.167. The minimum atomic E-state index is -0.953. The third-order valence-corrected chi connectivity index (χ3v) is 3.40. The molecule has 7 heteroatoms. The van der Waals surface area contributed by atoms with Gasteiger partial charge in [0.15, 0.2) is 0 Å². The Morgan fingerprint density at radius 2 is 1.88 bits per heavy atom. The van der Waals surface area contributed by atoms with Gasteiger partial charge in [-0.15, -0.1) is 0 Å². The van der Waals surface area contributed by atoms with Crippen molar-refractivity contribution in [3.8, 4) is 5.75 Å². The van der Waals surface area contributed by atoms with Crippen LogP contribution in [0.25, 0.3) is 0 Å². The van der Waals surface area contributed by atoms with Gasteiger partial charge < -0.3 is 15.2 Å². The van der Waals surface area contributed by atoms with Crippen LogP contribution >= 0.6 is 0 Å². The number of carbonyl (C=O) groups is 2. The summed E-state index contributed by atoms with van der Waals surface area (Å²) in [5.41, 5.74) is 4.83. The molecule has 0 unspecified atom stereocenters. The average molecular weight is 341 g/mol. The summed E-state index contributed by atoms with van der Waals surface area (Å²) >= 11 is 0. The third-order valence-electron chi connectivity index (χ3n) is 3.40. The van der Waals surface area contributed by atoms with Crippen molar-refractivity contribution in [3.05, 3.63) is 59.7 Å². The molecule has 0 saturated heterocycles. The summed E-state index contributed by atoms with van der Waals surface area (Å²) < 4.78 is 5.16. The lowest BCUT2D eigenvalue weighted by Gasteiger charge is -2.10. The largest absolute Gasteiger partial charge is 0.496 e. The van der Waals surface area contributed by atoms with Gasteiger partial charge in [0, 0.05) is 11.3 Å². The van der Waals surface area contributed by atoms with Gasteiger partial charge in [0.2, 0.25) is 0 Å². The number of urea groups is 1. The maximum atomic E-state index is 11.8. The van der Waals surface area contributed by atoms with Crippen LogP contribution in [-0.4, -0.2) is 29.9 Å². The number of benzene rings is 2. The van der Waals surface area contributed by atoms with Crippen LogP contribution in [0, 0.1) is 0 Å². The van der Waals surface area contributed by atoms with Gasteiger partial charge >= 0.3 is 12.0 Å². The minimum Gasteiger partial charge on any atom is -0.496 e. The van der Waals surface area contributed by atoms with Crippen LogP contribution in [0.15, 0.2) is 53.6 Å². The molecule has 2 aromatic carbocycles. The summed E-state index contributed by atoms with van der Waals surface area (Å²) in [7, 11) is 1.48. The first-order chi connectivity index (χ1) is 12.0. The Morgan fingerprint density at radius 1 is 1.16 bits per heavy atom. The van der Waals surface area contributed by atoms with Gasteiger partial charge in [0.25, 0.3) is 0 Å². The lowest BCUT2D eigenvalue weighted by molar-refractivity contribution is -0.136. The van der Waals surface area contributed by atoms with Crippen molar-refractivity contribution in [1.82, 2.24) is 5.43 Å². The summed E-state index contributed by atoms with van der Waals surface area (Å²) in [6, 6.07) is 13.6. The van der Waals surface area contributed by atoms with Gasteiger partial charge in [0.05, 0.1) is 19.2 Å². The topological polar surface area (TPSA) is 100 Å². The van der Waals surface area contributed by atoms with Crippen LogP contribution < -0.4 is 15.5 Å². The molecule has 0 atom stereocenters. The maximum absolute atomic E-state index is 11.8. The number of nitrogens with zero attached hydrogens (tertiary/aromatic N) is 1. The Bertz CT molecular complexity index is 788. The Balaban J connectivity index is 2.08. The number of aliphatic carboxylic acids is 1. The monoisotopic (exact) mass is 341 g/mol. The lowest BCUT2D eigenvalue weighted by atomic mass is 10.0. The van der Waals surface area contributed by atoms with Gasteiger partial charge in [-0.1, -0.05) is 18.2 Å². The highest BCUT2D eigenvalue weighted by molar-refractivity contribution is 6.00. The van der Waals surface area contributed by atoms with Gasteiger partial charge in [-0.3, -0.25) is 4.79 Å². The van der Waals surface area contributed by atoms with E-state index in [1.165, 1.54) is 7.11 Å². The number of hydrogen-bond donors (Lipinski definition) is 3. The second-order valence-corrected chi connectivity index (χ2v) is 5.23. The normalized spacial score (nSPS) is 10.9. The van der Waals surface area contributed by atoms with E-state index in [-0.39, 0.29) is 6.42 Å². The van der Waals surface area contributed by atoms with E-state index >= 15 is 0 Å². The van der Waals surface area contributed by atoms with Crippen molar-refractivity contribution in [3.63, 3.8) is 0 Å². The van der Waals surface area contributed by atoms with Crippen molar-refractivity contribution in [1.29, 1.82) is 0 Å². The quantitative estimate of drug-likeness (QED) is 0.555. The first-order valence-corrected chi connectivity index (χ1v) is 7.55. The van der Waals surface area contributed by atoms with Crippen molar-refractivity contribution < 1.29 is 19.4 Å². The van der Waals surface area contributed by atoms with E-state index in [1.54, 1.807) is 37.3 Å². The van der Waals surface area contributed by atoms with Gasteiger partial charge in [-0.05, 0) is 42.8 Å². The van der Waals surface area contributed by atoms with Gasteiger partial charge in [0.1, 0.15) is 5.75 Å². The molecule has 0 spiro atoms. The summed E-state index contributed by atoms with van der Waals surface area (Å²) in [5.74, 6) is -0.459. The number of carboxylic acids is 1. The maximum Gasteiger partial charge on any atom is 0.339 e. The number of anilines is 1. The summed E-state index contributed by atoms with van der Waals surface area (Å²) in [5, 5.41) is 15.7. The van der Waals surface area contributed by atoms with Crippen LogP contribution in [-0.2, 0) is 11.2 Å². The molecule has 2 rings (SSSR count). The first kappa shape index (κ1) is 18.0. The summed E-state index contributed by atoms with van der Waals surface area (Å²) in [6.45, 7) is 1.72.